The van der Waals surface area contributed by atoms with Crippen molar-refractivity contribution >= 4 is 0 Å². The summed E-state index contributed by atoms with van der Waals surface area (Å²) in [6.07, 6.45) is 8.04. The largest absolute Gasteiger partial charge is 0.326 e. The maximum absolute atomic E-state index is 5.77. The Labute approximate surface area is 98.0 Å². The molecule has 0 atom stereocenters. The maximum Gasteiger partial charge on any atom is 0.0641 e. The second-order valence-corrected chi connectivity index (χ2v) is 4.94. The molecule has 0 amide bonds. The fourth-order valence-corrected chi connectivity index (χ4v) is 2.85. The van der Waals surface area contributed by atoms with Gasteiger partial charge in [-0.15, -0.1) is 0 Å². The lowest BCUT2D eigenvalue weighted by atomic mass is 10.1. The van der Waals surface area contributed by atoms with Crippen LogP contribution < -0.4 is 5.73 Å². The van der Waals surface area contributed by atoms with Gasteiger partial charge in [0, 0.05) is 17.8 Å². The van der Waals surface area contributed by atoms with E-state index in [0.717, 1.165) is 5.69 Å². The highest BCUT2D eigenvalue weighted by molar-refractivity contribution is 5.24. The third-order valence-electron chi connectivity index (χ3n) is 3.85. The smallest absolute Gasteiger partial charge is 0.0641 e. The van der Waals surface area contributed by atoms with Crippen LogP contribution in [0.4, 0.5) is 0 Å². The molecule has 1 heterocycles. The molecular formula is C13H23N3. The van der Waals surface area contributed by atoms with Gasteiger partial charge >= 0.3 is 0 Å². The standard InChI is InChI=1S/C13H23N3/c1-10-13(9-14)11(2)16(15-10)12-7-5-3-4-6-8-12/h12H,3-9,14H2,1-2H3. The van der Waals surface area contributed by atoms with Crippen LogP contribution in [0.2, 0.25) is 0 Å². The summed E-state index contributed by atoms with van der Waals surface area (Å²) in [7, 11) is 0. The van der Waals surface area contributed by atoms with Gasteiger partial charge in [-0.25, -0.2) is 0 Å². The molecular weight excluding hydrogens is 198 g/mol. The van der Waals surface area contributed by atoms with E-state index in [1.165, 1.54) is 49.8 Å². The molecule has 1 aliphatic rings. The van der Waals surface area contributed by atoms with Gasteiger partial charge in [0.25, 0.3) is 0 Å². The quantitative estimate of drug-likeness (QED) is 0.780. The van der Waals surface area contributed by atoms with Gasteiger partial charge < -0.3 is 5.73 Å². The number of nitrogens with zero attached hydrogens (tertiary/aromatic N) is 2. The lowest BCUT2D eigenvalue weighted by Crippen LogP contribution is -2.12. The Morgan fingerprint density at radius 2 is 1.81 bits per heavy atom. The van der Waals surface area contributed by atoms with E-state index in [4.69, 9.17) is 5.73 Å². The molecule has 1 saturated carbocycles. The van der Waals surface area contributed by atoms with Crippen LogP contribution in [-0.4, -0.2) is 9.78 Å². The van der Waals surface area contributed by atoms with E-state index in [9.17, 15) is 0 Å². The second-order valence-electron chi connectivity index (χ2n) is 4.94. The Kier molecular flexibility index (Phi) is 3.64. The van der Waals surface area contributed by atoms with Gasteiger partial charge in [-0.2, -0.15) is 5.10 Å². The van der Waals surface area contributed by atoms with E-state index >= 15 is 0 Å². The molecule has 2 rings (SSSR count). The van der Waals surface area contributed by atoms with E-state index in [1.807, 2.05) is 0 Å². The first-order valence-corrected chi connectivity index (χ1v) is 6.48. The van der Waals surface area contributed by atoms with Gasteiger partial charge in [-0.3, -0.25) is 4.68 Å². The molecule has 0 saturated heterocycles. The van der Waals surface area contributed by atoms with Crippen molar-refractivity contribution in [3.63, 3.8) is 0 Å². The fraction of sp³-hybridized carbons (Fsp3) is 0.769. The summed E-state index contributed by atoms with van der Waals surface area (Å²) < 4.78 is 2.24. The fourth-order valence-electron chi connectivity index (χ4n) is 2.85. The molecule has 16 heavy (non-hydrogen) atoms. The third-order valence-corrected chi connectivity index (χ3v) is 3.85. The molecule has 3 heteroatoms. The van der Waals surface area contributed by atoms with Crippen LogP contribution in [0.15, 0.2) is 0 Å². The molecule has 0 aromatic carbocycles. The molecule has 1 aromatic rings. The predicted molar refractivity (Wildman–Crippen MR) is 66.3 cm³/mol. The van der Waals surface area contributed by atoms with Crippen LogP contribution in [0.3, 0.4) is 0 Å². The molecule has 2 N–H and O–H groups in total. The number of nitrogens with two attached hydrogens (primary N) is 1. The summed E-state index contributed by atoms with van der Waals surface area (Å²) in [4.78, 5) is 0. The number of hydrogen-bond acceptors (Lipinski definition) is 2. The summed E-state index contributed by atoms with van der Waals surface area (Å²) in [6, 6.07) is 0.612. The minimum absolute atomic E-state index is 0.612. The van der Waals surface area contributed by atoms with E-state index in [1.54, 1.807) is 0 Å². The first-order valence-electron chi connectivity index (χ1n) is 6.48. The average molecular weight is 221 g/mol. The van der Waals surface area contributed by atoms with Crippen LogP contribution in [0.25, 0.3) is 0 Å². The summed E-state index contributed by atoms with van der Waals surface area (Å²) in [5, 5.41) is 4.68. The Hall–Kier alpha value is -0.830. The predicted octanol–water partition coefficient (Wildman–Crippen LogP) is 2.85. The summed E-state index contributed by atoms with van der Waals surface area (Å²) in [5.74, 6) is 0. The van der Waals surface area contributed by atoms with E-state index in [-0.39, 0.29) is 0 Å². The minimum Gasteiger partial charge on any atom is -0.326 e. The summed E-state index contributed by atoms with van der Waals surface area (Å²) in [5.41, 5.74) is 9.41. The lowest BCUT2D eigenvalue weighted by Gasteiger charge is -2.16. The maximum atomic E-state index is 5.77. The molecule has 1 fully saturated rings. The average Bonchev–Trinajstić information content (AvgIpc) is 2.49. The molecule has 1 aliphatic carbocycles. The molecule has 0 aliphatic heterocycles. The SMILES string of the molecule is Cc1nn(C2CCCCCC2)c(C)c1CN. The molecule has 0 unspecified atom stereocenters. The van der Waals surface area contributed by atoms with Gasteiger partial charge in [-0.1, -0.05) is 25.7 Å². The number of aromatic nitrogens is 2. The van der Waals surface area contributed by atoms with Crippen molar-refractivity contribution in [2.75, 3.05) is 0 Å². The first-order chi connectivity index (χ1) is 7.74. The topological polar surface area (TPSA) is 43.8 Å². The van der Waals surface area contributed by atoms with Gasteiger partial charge in [0.2, 0.25) is 0 Å². The van der Waals surface area contributed by atoms with Crippen molar-refractivity contribution in [2.45, 2.75) is 65.0 Å². The van der Waals surface area contributed by atoms with Gasteiger partial charge in [-0.05, 0) is 26.7 Å². The number of rotatable bonds is 2. The van der Waals surface area contributed by atoms with Gasteiger partial charge in [0.1, 0.15) is 0 Å². The highest BCUT2D eigenvalue weighted by atomic mass is 15.3. The van der Waals surface area contributed by atoms with Crippen LogP contribution >= 0.6 is 0 Å². The first kappa shape index (κ1) is 11.6. The molecule has 0 spiro atoms. The summed E-state index contributed by atoms with van der Waals surface area (Å²) >= 11 is 0. The second kappa shape index (κ2) is 5.00. The van der Waals surface area contributed by atoms with Crippen LogP contribution in [0, 0.1) is 13.8 Å². The molecule has 0 radical (unpaired) electrons. The Bertz CT molecular complexity index is 346. The molecule has 0 bridgehead atoms. The van der Waals surface area contributed by atoms with Gasteiger partial charge in [0.15, 0.2) is 0 Å². The highest BCUT2D eigenvalue weighted by Gasteiger charge is 2.19. The van der Waals surface area contributed by atoms with Crippen molar-refractivity contribution in [1.29, 1.82) is 0 Å². The van der Waals surface area contributed by atoms with Crippen LogP contribution in [-0.2, 0) is 6.54 Å². The van der Waals surface area contributed by atoms with E-state index in [0.29, 0.717) is 12.6 Å². The lowest BCUT2D eigenvalue weighted by molar-refractivity contribution is 0.396. The zero-order valence-corrected chi connectivity index (χ0v) is 10.5. The van der Waals surface area contributed by atoms with Crippen LogP contribution in [0.1, 0.15) is 61.5 Å². The normalized spacial score (nSPS) is 18.7. The van der Waals surface area contributed by atoms with Crippen molar-refractivity contribution in [2.24, 2.45) is 5.73 Å². The van der Waals surface area contributed by atoms with Crippen molar-refractivity contribution in [3.05, 3.63) is 17.0 Å². The Morgan fingerprint density at radius 3 is 2.31 bits per heavy atom. The summed E-state index contributed by atoms with van der Waals surface area (Å²) in [6.45, 7) is 4.85. The number of hydrogen-bond donors (Lipinski definition) is 1. The van der Waals surface area contributed by atoms with E-state index in [2.05, 4.69) is 23.6 Å². The number of aryl methyl sites for hydroxylation is 1. The molecule has 1 aromatic heterocycles. The monoisotopic (exact) mass is 221 g/mol. The van der Waals surface area contributed by atoms with E-state index < -0.39 is 0 Å². The molecule has 90 valence electrons. The van der Waals surface area contributed by atoms with Crippen molar-refractivity contribution < 1.29 is 0 Å². The highest BCUT2D eigenvalue weighted by Crippen LogP contribution is 2.29. The zero-order chi connectivity index (χ0) is 11.5. The van der Waals surface area contributed by atoms with Crippen molar-refractivity contribution in [1.82, 2.24) is 9.78 Å². The van der Waals surface area contributed by atoms with Crippen molar-refractivity contribution in [3.8, 4) is 0 Å². The zero-order valence-electron chi connectivity index (χ0n) is 10.5. The third kappa shape index (κ3) is 2.14. The van der Waals surface area contributed by atoms with Gasteiger partial charge in [0.05, 0.1) is 11.7 Å². The minimum atomic E-state index is 0.612. The van der Waals surface area contributed by atoms with Crippen LogP contribution in [0.5, 0.6) is 0 Å². The Morgan fingerprint density at radius 1 is 1.19 bits per heavy atom. The molecule has 3 nitrogen and oxygen atoms in total. The Balaban J connectivity index is 2.24.